The highest BCUT2D eigenvalue weighted by molar-refractivity contribution is 5.90. The normalized spacial score (nSPS) is 13.6. The van der Waals surface area contributed by atoms with Gasteiger partial charge in [-0.3, -0.25) is 9.59 Å². The third kappa shape index (κ3) is 11.8. The number of para-hydroxylation sites is 4. The van der Waals surface area contributed by atoms with E-state index in [0.717, 1.165) is 27.6 Å². The molecule has 6 amide bonds. The maximum atomic E-state index is 14.7. The first kappa shape index (κ1) is 46.7. The fourth-order valence-corrected chi connectivity index (χ4v) is 7.64. The van der Waals surface area contributed by atoms with Crippen LogP contribution >= 0.6 is 0 Å². The van der Waals surface area contributed by atoms with Crippen LogP contribution < -0.4 is 21.3 Å². The van der Waals surface area contributed by atoms with Crippen LogP contribution in [0, 0.1) is 11.8 Å². The van der Waals surface area contributed by atoms with E-state index in [9.17, 15) is 29.4 Å². The number of hydrogen-bond donors (Lipinski definition) is 8. The van der Waals surface area contributed by atoms with Crippen molar-refractivity contribution in [1.82, 2.24) is 51.0 Å². The number of benzene rings is 4. The molecule has 4 aromatic carbocycles. The summed E-state index contributed by atoms with van der Waals surface area (Å²) in [5.74, 6) is -1.29. The number of rotatable bonds is 19. The summed E-state index contributed by atoms with van der Waals surface area (Å²) in [5, 5.41) is 35.8. The van der Waals surface area contributed by atoms with Crippen molar-refractivity contribution in [3.63, 3.8) is 0 Å². The number of amides is 6. The Labute approximate surface area is 373 Å². The summed E-state index contributed by atoms with van der Waals surface area (Å²) >= 11 is 0. The van der Waals surface area contributed by atoms with Crippen molar-refractivity contribution in [2.75, 3.05) is 14.1 Å². The monoisotopic (exact) mass is 872 g/mol. The van der Waals surface area contributed by atoms with E-state index in [1.54, 1.807) is 66.1 Å². The molecule has 338 valence electrons. The van der Waals surface area contributed by atoms with Crippen LogP contribution in [0.2, 0.25) is 0 Å². The van der Waals surface area contributed by atoms with E-state index in [-0.39, 0.29) is 25.9 Å². The van der Waals surface area contributed by atoms with Crippen LogP contribution in [0.25, 0.3) is 22.1 Å². The standard InChI is InChI=1S/C48H60N10O6/c1-30(2)41(53-46(63)57(5)28-39-49-34-21-13-14-22-35(34)50-39)44(61)55-48(27-33-19-11-8-12-20-33,43(60)38(59)26-25-32-17-9-7-10-18-32)56-45(62)42(31(3)4)54-47(64)58(6)29-40-51-36-23-15-16-24-37(36)52-40/h7-24,30-31,38,41-43,59-60H,25-29H2,1-6H3,(H,49,50)(H,51,52)(H,53,63)(H,54,64)(H,55,61)(H,56,62)/t38-,41-,42-,43+/m0/s1. The zero-order chi connectivity index (χ0) is 46.0. The van der Waals surface area contributed by atoms with E-state index in [0.29, 0.717) is 23.6 Å². The summed E-state index contributed by atoms with van der Waals surface area (Å²) in [7, 11) is 3.16. The minimum atomic E-state index is -2.07. The lowest BCUT2D eigenvalue weighted by Gasteiger charge is -2.43. The maximum Gasteiger partial charge on any atom is 0.318 e. The molecule has 16 heteroatoms. The van der Waals surface area contributed by atoms with Crippen molar-refractivity contribution >= 4 is 45.9 Å². The van der Waals surface area contributed by atoms with Gasteiger partial charge in [-0.2, -0.15) is 0 Å². The molecule has 0 bridgehead atoms. The third-order valence-electron chi connectivity index (χ3n) is 11.3. The van der Waals surface area contributed by atoms with Gasteiger partial charge in [-0.25, -0.2) is 19.6 Å². The first-order chi connectivity index (χ1) is 30.6. The van der Waals surface area contributed by atoms with Crippen LogP contribution in [0.3, 0.4) is 0 Å². The molecule has 16 nitrogen and oxygen atoms in total. The van der Waals surface area contributed by atoms with E-state index in [2.05, 4.69) is 41.2 Å². The second kappa shape index (κ2) is 21.1. The van der Waals surface area contributed by atoms with Gasteiger partial charge in [0.2, 0.25) is 11.8 Å². The number of hydrogen-bond acceptors (Lipinski definition) is 8. The van der Waals surface area contributed by atoms with Crippen LogP contribution in [-0.4, -0.2) is 108 Å². The highest BCUT2D eigenvalue weighted by Gasteiger charge is 2.47. The third-order valence-corrected chi connectivity index (χ3v) is 11.3. The number of fused-ring (bicyclic) bond motifs is 2. The van der Waals surface area contributed by atoms with E-state index < -0.39 is 65.7 Å². The Morgan fingerprint density at radius 2 is 1.02 bits per heavy atom. The Hall–Kier alpha value is -6.78. The molecule has 6 aromatic rings. The molecule has 0 aliphatic rings. The fraction of sp³-hybridized carbons (Fsp3) is 0.375. The second-order valence-corrected chi connectivity index (χ2v) is 17.1. The van der Waals surface area contributed by atoms with Gasteiger partial charge >= 0.3 is 12.1 Å². The average molecular weight is 873 g/mol. The molecule has 0 spiro atoms. The molecule has 2 aromatic heterocycles. The van der Waals surface area contributed by atoms with Gasteiger partial charge in [-0.15, -0.1) is 0 Å². The number of imidazole rings is 2. The van der Waals surface area contributed by atoms with Crippen molar-refractivity contribution in [2.45, 2.75) is 90.0 Å². The molecule has 0 unspecified atom stereocenters. The van der Waals surface area contributed by atoms with E-state index >= 15 is 0 Å². The van der Waals surface area contributed by atoms with Crippen molar-refractivity contribution in [2.24, 2.45) is 11.8 Å². The van der Waals surface area contributed by atoms with Gasteiger partial charge in [0, 0.05) is 20.5 Å². The Morgan fingerprint density at radius 1 is 0.609 bits per heavy atom. The Bertz CT molecular complexity index is 2300. The van der Waals surface area contributed by atoms with Gasteiger partial charge in [-0.05, 0) is 60.1 Å². The molecule has 0 saturated heterocycles. The first-order valence-electron chi connectivity index (χ1n) is 21.6. The van der Waals surface area contributed by atoms with Crippen LogP contribution in [0.5, 0.6) is 0 Å². The predicted octanol–water partition coefficient (Wildman–Crippen LogP) is 5.00. The predicted molar refractivity (Wildman–Crippen MR) is 245 cm³/mol. The van der Waals surface area contributed by atoms with Crippen molar-refractivity contribution < 1.29 is 29.4 Å². The van der Waals surface area contributed by atoms with Gasteiger partial charge in [-0.1, -0.05) is 113 Å². The number of nitrogens with one attached hydrogen (secondary N) is 6. The molecule has 0 aliphatic heterocycles. The number of H-pyrrole nitrogens is 2. The summed E-state index contributed by atoms with van der Waals surface area (Å²) in [6.07, 6.45) is -2.98. The summed E-state index contributed by atoms with van der Waals surface area (Å²) in [4.78, 5) is 75.3. The second-order valence-electron chi connectivity index (χ2n) is 17.1. The molecule has 0 aliphatic carbocycles. The van der Waals surface area contributed by atoms with Gasteiger partial charge in [0.1, 0.15) is 35.5 Å². The lowest BCUT2D eigenvalue weighted by molar-refractivity contribution is -0.137. The largest absolute Gasteiger partial charge is 0.390 e. The minimum absolute atomic E-state index is 0.0708. The SMILES string of the molecule is CC(C)[C@H](NC(=O)N(C)Cc1nc2ccccc2[nH]1)C(=O)NC(Cc1ccccc1)(NC(=O)[C@@H](NC(=O)N(C)Cc1nc2ccccc2[nH]1)C(C)C)[C@H](O)[C@@H](O)CCc1ccccc1. The summed E-state index contributed by atoms with van der Waals surface area (Å²) in [5.41, 5.74) is 2.61. The van der Waals surface area contributed by atoms with Crippen LogP contribution in [0.1, 0.15) is 56.9 Å². The molecule has 0 radical (unpaired) electrons. The number of urea groups is 2. The number of aliphatic hydroxyl groups is 2. The van der Waals surface area contributed by atoms with E-state index in [4.69, 9.17) is 0 Å². The molecule has 8 N–H and O–H groups in total. The molecular weight excluding hydrogens is 813 g/mol. The van der Waals surface area contributed by atoms with E-state index in [1.807, 2.05) is 84.9 Å². The number of aryl methyl sites for hydroxylation is 1. The van der Waals surface area contributed by atoms with Gasteiger partial charge in [0.25, 0.3) is 0 Å². The summed E-state index contributed by atoms with van der Waals surface area (Å²) in [6.45, 7) is 7.28. The fourth-order valence-electron chi connectivity index (χ4n) is 7.64. The molecule has 0 saturated carbocycles. The molecular formula is C48H60N10O6. The number of carbonyl (C=O) groups is 4. The minimum Gasteiger partial charge on any atom is -0.390 e. The highest BCUT2D eigenvalue weighted by atomic mass is 16.3. The lowest BCUT2D eigenvalue weighted by Crippen LogP contribution is -2.74. The number of aromatic amines is 2. The van der Waals surface area contributed by atoms with Gasteiger partial charge in [0.15, 0.2) is 0 Å². The van der Waals surface area contributed by atoms with Crippen molar-refractivity contribution in [3.8, 4) is 0 Å². The van der Waals surface area contributed by atoms with Crippen molar-refractivity contribution in [1.29, 1.82) is 0 Å². The number of aliphatic hydroxyl groups excluding tert-OH is 2. The Morgan fingerprint density at radius 3 is 1.44 bits per heavy atom. The topological polar surface area (TPSA) is 221 Å². The summed E-state index contributed by atoms with van der Waals surface area (Å²) < 4.78 is 0. The number of aromatic nitrogens is 4. The van der Waals surface area contributed by atoms with Crippen LogP contribution in [0.4, 0.5) is 9.59 Å². The molecule has 2 heterocycles. The lowest BCUT2D eigenvalue weighted by atomic mass is 9.86. The zero-order valence-corrected chi connectivity index (χ0v) is 37.2. The smallest absolute Gasteiger partial charge is 0.318 e. The highest BCUT2D eigenvalue weighted by Crippen LogP contribution is 2.24. The van der Waals surface area contributed by atoms with E-state index in [1.165, 1.54) is 9.80 Å². The molecule has 64 heavy (non-hydrogen) atoms. The Kier molecular flexibility index (Phi) is 15.4. The zero-order valence-electron chi connectivity index (χ0n) is 37.2. The van der Waals surface area contributed by atoms with Crippen LogP contribution in [-0.2, 0) is 35.5 Å². The Balaban J connectivity index is 1.28. The first-order valence-corrected chi connectivity index (χ1v) is 21.6. The number of nitrogens with zero attached hydrogens (tertiary/aromatic N) is 4. The van der Waals surface area contributed by atoms with Crippen molar-refractivity contribution in [3.05, 3.63) is 132 Å². The molecule has 6 rings (SSSR count). The molecule has 0 fully saturated rings. The average Bonchev–Trinajstić information content (AvgIpc) is 3.89. The van der Waals surface area contributed by atoms with Gasteiger partial charge < -0.3 is 51.2 Å². The van der Waals surface area contributed by atoms with Crippen LogP contribution in [0.15, 0.2) is 109 Å². The van der Waals surface area contributed by atoms with Gasteiger partial charge in [0.05, 0.1) is 41.3 Å². The summed E-state index contributed by atoms with van der Waals surface area (Å²) in [6, 6.07) is 29.9. The number of carbonyl (C=O) groups excluding carboxylic acids is 4. The quantitative estimate of drug-likeness (QED) is 0.0517. The maximum absolute atomic E-state index is 14.7. The molecule has 4 atom stereocenters.